The van der Waals surface area contributed by atoms with Crippen molar-refractivity contribution >= 4 is 5.69 Å². The van der Waals surface area contributed by atoms with Gasteiger partial charge in [0.2, 0.25) is 0 Å². The molecule has 0 amide bonds. The van der Waals surface area contributed by atoms with E-state index in [1.165, 1.54) is 36.0 Å². The molecule has 0 spiro atoms. The Morgan fingerprint density at radius 3 is 2.54 bits per heavy atom. The van der Waals surface area contributed by atoms with Gasteiger partial charge in [-0.05, 0) is 47.9 Å². The second-order valence-electron chi connectivity index (χ2n) is 4.21. The van der Waals surface area contributed by atoms with Gasteiger partial charge < -0.3 is 5.73 Å². The third kappa shape index (κ3) is 1.32. The average Bonchev–Trinajstić information content (AvgIpc) is 2.53. The summed E-state index contributed by atoms with van der Waals surface area (Å²) in [5.74, 6) is 0.632. The van der Waals surface area contributed by atoms with Crippen LogP contribution in [0, 0.1) is 0 Å². The first-order valence-corrected chi connectivity index (χ1v) is 5.10. The Bertz CT molecular complexity index is 326. The van der Waals surface area contributed by atoms with Gasteiger partial charge in [0.15, 0.2) is 0 Å². The molecule has 1 aliphatic carbocycles. The van der Waals surface area contributed by atoms with E-state index in [1.807, 2.05) is 0 Å². The summed E-state index contributed by atoms with van der Waals surface area (Å²) in [4.78, 5) is 0. The average molecular weight is 175 g/mol. The van der Waals surface area contributed by atoms with Gasteiger partial charge in [-0.25, -0.2) is 0 Å². The van der Waals surface area contributed by atoms with Gasteiger partial charge in [-0.1, -0.05) is 19.9 Å². The molecule has 0 saturated heterocycles. The molecule has 2 rings (SSSR count). The number of fused-ring (bicyclic) bond motifs is 1. The molecule has 0 radical (unpaired) electrons. The van der Waals surface area contributed by atoms with Crippen molar-refractivity contribution in [2.24, 2.45) is 0 Å². The van der Waals surface area contributed by atoms with Crippen molar-refractivity contribution in [3.05, 3.63) is 28.8 Å². The Hall–Kier alpha value is -0.980. The molecular weight excluding hydrogens is 158 g/mol. The van der Waals surface area contributed by atoms with Gasteiger partial charge in [0.1, 0.15) is 0 Å². The summed E-state index contributed by atoms with van der Waals surface area (Å²) < 4.78 is 0. The van der Waals surface area contributed by atoms with E-state index < -0.39 is 0 Å². The summed E-state index contributed by atoms with van der Waals surface area (Å²) in [7, 11) is 0. The molecule has 2 N–H and O–H groups in total. The smallest absolute Gasteiger partial charge is 0.0349 e. The van der Waals surface area contributed by atoms with E-state index >= 15 is 0 Å². The summed E-state index contributed by atoms with van der Waals surface area (Å²) in [6.07, 6.45) is 3.69. The molecule has 0 saturated carbocycles. The van der Waals surface area contributed by atoms with Gasteiger partial charge >= 0.3 is 0 Å². The number of rotatable bonds is 1. The third-order valence-electron chi connectivity index (χ3n) is 2.98. The minimum Gasteiger partial charge on any atom is -0.398 e. The van der Waals surface area contributed by atoms with E-state index in [0.29, 0.717) is 5.92 Å². The predicted octanol–water partition coefficient (Wildman–Crippen LogP) is 2.88. The van der Waals surface area contributed by atoms with Gasteiger partial charge in [0.05, 0.1) is 0 Å². The van der Waals surface area contributed by atoms with Crippen LogP contribution in [-0.4, -0.2) is 0 Å². The van der Waals surface area contributed by atoms with Crippen molar-refractivity contribution in [2.75, 3.05) is 5.73 Å². The number of hydrogen-bond acceptors (Lipinski definition) is 1. The molecule has 0 fully saturated rings. The number of anilines is 1. The fraction of sp³-hybridized carbons (Fsp3) is 0.500. The highest BCUT2D eigenvalue weighted by Gasteiger charge is 2.18. The van der Waals surface area contributed by atoms with Crippen LogP contribution in [0.2, 0.25) is 0 Å². The van der Waals surface area contributed by atoms with Crippen LogP contribution in [0.1, 0.15) is 42.9 Å². The van der Waals surface area contributed by atoms with Gasteiger partial charge in [0, 0.05) is 5.69 Å². The Morgan fingerprint density at radius 1 is 1.15 bits per heavy atom. The number of nitrogens with two attached hydrogens (primary N) is 1. The Balaban J connectivity index is 2.56. The molecule has 0 bridgehead atoms. The molecule has 1 heteroatoms. The molecule has 0 aliphatic heterocycles. The van der Waals surface area contributed by atoms with Crippen molar-refractivity contribution in [2.45, 2.75) is 39.0 Å². The Kier molecular flexibility index (Phi) is 2.03. The minimum absolute atomic E-state index is 0.632. The van der Waals surface area contributed by atoms with E-state index in [1.54, 1.807) is 0 Å². The van der Waals surface area contributed by atoms with E-state index in [4.69, 9.17) is 5.73 Å². The van der Waals surface area contributed by atoms with Gasteiger partial charge in [-0.15, -0.1) is 0 Å². The van der Waals surface area contributed by atoms with Crippen molar-refractivity contribution in [3.8, 4) is 0 Å². The van der Waals surface area contributed by atoms with Crippen molar-refractivity contribution in [3.63, 3.8) is 0 Å². The zero-order chi connectivity index (χ0) is 9.42. The first-order chi connectivity index (χ1) is 6.20. The van der Waals surface area contributed by atoms with E-state index in [2.05, 4.69) is 26.0 Å². The summed E-state index contributed by atoms with van der Waals surface area (Å²) in [6, 6.07) is 4.27. The maximum absolute atomic E-state index is 5.94. The summed E-state index contributed by atoms with van der Waals surface area (Å²) in [6.45, 7) is 4.51. The molecule has 70 valence electrons. The largest absolute Gasteiger partial charge is 0.398 e. The van der Waals surface area contributed by atoms with Crippen molar-refractivity contribution < 1.29 is 0 Å². The molecule has 0 heterocycles. The van der Waals surface area contributed by atoms with E-state index in [0.717, 1.165) is 5.69 Å². The Morgan fingerprint density at radius 2 is 1.85 bits per heavy atom. The molecular formula is C12H17N. The van der Waals surface area contributed by atoms with Crippen LogP contribution < -0.4 is 5.73 Å². The fourth-order valence-corrected chi connectivity index (χ4v) is 2.30. The second-order valence-corrected chi connectivity index (χ2v) is 4.21. The van der Waals surface area contributed by atoms with E-state index in [9.17, 15) is 0 Å². The molecule has 13 heavy (non-hydrogen) atoms. The van der Waals surface area contributed by atoms with Crippen LogP contribution in [0.15, 0.2) is 12.1 Å². The number of nitrogen functional groups attached to an aromatic ring is 1. The summed E-state index contributed by atoms with van der Waals surface area (Å²) in [5.41, 5.74) is 11.4. The normalized spacial score (nSPS) is 15.0. The van der Waals surface area contributed by atoms with E-state index in [-0.39, 0.29) is 0 Å². The molecule has 1 aromatic carbocycles. The lowest BCUT2D eigenvalue weighted by atomic mass is 9.94. The summed E-state index contributed by atoms with van der Waals surface area (Å²) >= 11 is 0. The maximum atomic E-state index is 5.94. The Labute approximate surface area is 80.0 Å². The lowest BCUT2D eigenvalue weighted by Gasteiger charge is -2.13. The number of benzene rings is 1. The molecule has 1 aliphatic rings. The molecule has 0 atom stereocenters. The highest BCUT2D eigenvalue weighted by molar-refractivity contribution is 5.56. The zero-order valence-corrected chi connectivity index (χ0v) is 8.43. The fourth-order valence-electron chi connectivity index (χ4n) is 2.30. The predicted molar refractivity (Wildman–Crippen MR) is 57.0 cm³/mol. The SMILES string of the molecule is CC(C)c1ccc(N)c2c1CCC2. The molecule has 0 aromatic heterocycles. The zero-order valence-electron chi connectivity index (χ0n) is 8.43. The standard InChI is InChI=1S/C12H17N/c1-8(2)9-6-7-12(13)11-5-3-4-10(9)11/h6-8H,3-5,13H2,1-2H3. The highest BCUT2D eigenvalue weighted by Crippen LogP contribution is 2.33. The van der Waals surface area contributed by atoms with Crippen molar-refractivity contribution in [1.82, 2.24) is 0 Å². The van der Waals surface area contributed by atoms with Crippen LogP contribution in [0.5, 0.6) is 0 Å². The lowest BCUT2D eigenvalue weighted by Crippen LogP contribution is -1.99. The monoisotopic (exact) mass is 175 g/mol. The number of hydrogen-bond donors (Lipinski definition) is 1. The lowest BCUT2D eigenvalue weighted by molar-refractivity contribution is 0.838. The minimum atomic E-state index is 0.632. The molecule has 1 nitrogen and oxygen atoms in total. The van der Waals surface area contributed by atoms with Gasteiger partial charge in [-0.2, -0.15) is 0 Å². The highest BCUT2D eigenvalue weighted by atomic mass is 14.6. The molecule has 1 aromatic rings. The van der Waals surface area contributed by atoms with Crippen LogP contribution in [0.25, 0.3) is 0 Å². The van der Waals surface area contributed by atoms with Crippen LogP contribution in [-0.2, 0) is 12.8 Å². The topological polar surface area (TPSA) is 26.0 Å². The van der Waals surface area contributed by atoms with Gasteiger partial charge in [-0.3, -0.25) is 0 Å². The summed E-state index contributed by atoms with van der Waals surface area (Å²) in [5, 5.41) is 0. The quantitative estimate of drug-likeness (QED) is 0.652. The van der Waals surface area contributed by atoms with Crippen LogP contribution in [0.3, 0.4) is 0 Å². The van der Waals surface area contributed by atoms with Crippen LogP contribution >= 0.6 is 0 Å². The first kappa shape index (κ1) is 8.61. The van der Waals surface area contributed by atoms with Gasteiger partial charge in [0.25, 0.3) is 0 Å². The molecule has 0 unspecified atom stereocenters. The second kappa shape index (κ2) is 3.06. The maximum Gasteiger partial charge on any atom is 0.0349 e. The van der Waals surface area contributed by atoms with Crippen molar-refractivity contribution in [1.29, 1.82) is 0 Å². The first-order valence-electron chi connectivity index (χ1n) is 5.10. The van der Waals surface area contributed by atoms with Crippen LogP contribution in [0.4, 0.5) is 5.69 Å². The third-order valence-corrected chi connectivity index (χ3v) is 2.98.